The van der Waals surface area contributed by atoms with Gasteiger partial charge in [0.25, 0.3) is 0 Å². The van der Waals surface area contributed by atoms with Gasteiger partial charge in [-0.05, 0) is 18.2 Å². The van der Waals surface area contributed by atoms with E-state index in [2.05, 4.69) is 35.1 Å². The van der Waals surface area contributed by atoms with E-state index in [4.69, 9.17) is 4.74 Å². The summed E-state index contributed by atoms with van der Waals surface area (Å²) in [6.45, 7) is 4.92. The topological polar surface area (TPSA) is 41.5 Å². The molecule has 2 aromatic carbocycles. The van der Waals surface area contributed by atoms with Crippen LogP contribution >= 0.6 is 15.9 Å². The van der Waals surface area contributed by atoms with Gasteiger partial charge in [-0.3, -0.25) is 0 Å². The molecular weight excluding hydrogens is 330 g/mol. The Morgan fingerprint density at radius 3 is 2.57 bits per heavy atom. The predicted molar refractivity (Wildman–Crippen MR) is 88.6 cm³/mol. The molecule has 112 valence electrons. The Hall–Kier alpha value is -1.36. The second kappa shape index (κ2) is 7.59. The van der Waals surface area contributed by atoms with E-state index in [1.165, 1.54) is 0 Å². The highest BCUT2D eigenvalue weighted by atomic mass is 79.9. The van der Waals surface area contributed by atoms with E-state index < -0.39 is 0 Å². The number of para-hydroxylation sites is 1. The van der Waals surface area contributed by atoms with Crippen LogP contribution < -0.4 is 10.1 Å². The van der Waals surface area contributed by atoms with Crippen LogP contribution in [0.4, 0.5) is 0 Å². The molecule has 4 heteroatoms. The molecule has 0 aliphatic heterocycles. The van der Waals surface area contributed by atoms with Crippen LogP contribution in [0.3, 0.4) is 0 Å². The third kappa shape index (κ3) is 4.56. The van der Waals surface area contributed by atoms with Gasteiger partial charge in [0.1, 0.15) is 11.5 Å². The lowest BCUT2D eigenvalue weighted by Gasteiger charge is -2.15. The summed E-state index contributed by atoms with van der Waals surface area (Å²) in [5.41, 5.74) is 1.86. The first-order valence-electron chi connectivity index (χ1n) is 6.98. The van der Waals surface area contributed by atoms with Crippen LogP contribution in [0.15, 0.2) is 46.9 Å². The van der Waals surface area contributed by atoms with Gasteiger partial charge in [0.2, 0.25) is 0 Å². The minimum atomic E-state index is -0.0379. The molecule has 0 fully saturated rings. The monoisotopic (exact) mass is 349 g/mol. The molecule has 0 bridgehead atoms. The molecule has 0 heterocycles. The van der Waals surface area contributed by atoms with Crippen molar-refractivity contribution in [3.05, 3.63) is 58.1 Å². The maximum Gasteiger partial charge on any atom is 0.133 e. The normalized spacial score (nSPS) is 10.9. The lowest BCUT2D eigenvalue weighted by Crippen LogP contribution is -2.22. The number of halogens is 1. The van der Waals surface area contributed by atoms with Gasteiger partial charge in [-0.2, -0.15) is 0 Å². The average Bonchev–Trinajstić information content (AvgIpc) is 2.47. The molecule has 2 rings (SSSR count). The SMILES string of the molecule is CC(C)NCc1ccc(Br)cc1Oc1ccccc1CO. The van der Waals surface area contributed by atoms with Gasteiger partial charge in [0, 0.05) is 28.2 Å². The Morgan fingerprint density at radius 2 is 1.86 bits per heavy atom. The third-order valence-corrected chi connectivity index (χ3v) is 3.59. The highest BCUT2D eigenvalue weighted by Crippen LogP contribution is 2.30. The maximum atomic E-state index is 9.39. The Morgan fingerprint density at radius 1 is 1.10 bits per heavy atom. The van der Waals surface area contributed by atoms with Crippen molar-refractivity contribution in [1.29, 1.82) is 0 Å². The Bertz CT molecular complexity index is 599. The van der Waals surface area contributed by atoms with Gasteiger partial charge in [0.05, 0.1) is 6.61 Å². The van der Waals surface area contributed by atoms with Crippen molar-refractivity contribution in [3.63, 3.8) is 0 Å². The summed E-state index contributed by atoms with van der Waals surface area (Å²) < 4.78 is 6.98. The quantitative estimate of drug-likeness (QED) is 0.819. The van der Waals surface area contributed by atoms with Gasteiger partial charge in [-0.25, -0.2) is 0 Å². The molecule has 3 nitrogen and oxygen atoms in total. The molecule has 2 aromatic rings. The van der Waals surface area contributed by atoms with Gasteiger partial charge in [0.15, 0.2) is 0 Å². The molecule has 0 atom stereocenters. The van der Waals surface area contributed by atoms with Crippen molar-refractivity contribution < 1.29 is 9.84 Å². The molecule has 0 aliphatic rings. The first-order chi connectivity index (χ1) is 10.1. The van der Waals surface area contributed by atoms with Gasteiger partial charge >= 0.3 is 0 Å². The van der Waals surface area contributed by atoms with E-state index in [1.54, 1.807) is 0 Å². The van der Waals surface area contributed by atoms with Crippen LogP contribution in [-0.4, -0.2) is 11.1 Å². The average molecular weight is 350 g/mol. The number of hydrogen-bond donors (Lipinski definition) is 2. The summed E-state index contributed by atoms with van der Waals surface area (Å²) in [6.07, 6.45) is 0. The van der Waals surface area contributed by atoms with Gasteiger partial charge in [-0.1, -0.05) is 54.0 Å². The largest absolute Gasteiger partial charge is 0.457 e. The van der Waals surface area contributed by atoms with Crippen LogP contribution in [0.2, 0.25) is 0 Å². The summed E-state index contributed by atoms with van der Waals surface area (Å²) in [4.78, 5) is 0. The van der Waals surface area contributed by atoms with E-state index in [0.29, 0.717) is 11.8 Å². The molecule has 0 saturated heterocycles. The maximum absolute atomic E-state index is 9.39. The Labute approximate surface area is 134 Å². The van der Waals surface area contributed by atoms with Crippen LogP contribution in [0.5, 0.6) is 11.5 Å². The summed E-state index contributed by atoms with van der Waals surface area (Å²) in [5, 5.41) is 12.8. The van der Waals surface area contributed by atoms with Gasteiger partial charge in [-0.15, -0.1) is 0 Å². The minimum absolute atomic E-state index is 0.0379. The second-order valence-electron chi connectivity index (χ2n) is 5.16. The van der Waals surface area contributed by atoms with E-state index in [0.717, 1.165) is 27.9 Å². The van der Waals surface area contributed by atoms with Crippen molar-refractivity contribution >= 4 is 15.9 Å². The number of benzene rings is 2. The Balaban J connectivity index is 2.27. The zero-order valence-corrected chi connectivity index (χ0v) is 13.9. The van der Waals surface area contributed by atoms with E-state index >= 15 is 0 Å². The fourth-order valence-corrected chi connectivity index (χ4v) is 2.28. The Kier molecular flexibility index (Phi) is 5.79. The smallest absolute Gasteiger partial charge is 0.133 e. The third-order valence-electron chi connectivity index (χ3n) is 3.09. The molecule has 0 spiro atoms. The standard InChI is InChI=1S/C17H20BrNO2/c1-12(2)19-10-13-7-8-15(18)9-17(13)21-16-6-4-3-5-14(16)11-20/h3-9,12,19-20H,10-11H2,1-2H3. The zero-order chi connectivity index (χ0) is 15.2. The second-order valence-corrected chi connectivity index (χ2v) is 6.07. The zero-order valence-electron chi connectivity index (χ0n) is 12.3. The van der Waals surface area contributed by atoms with Gasteiger partial charge < -0.3 is 15.2 Å². The number of rotatable bonds is 6. The molecule has 2 N–H and O–H groups in total. The molecule has 0 aromatic heterocycles. The summed E-state index contributed by atoms with van der Waals surface area (Å²) in [6, 6.07) is 13.9. The van der Waals surface area contributed by atoms with Crippen LogP contribution in [0.1, 0.15) is 25.0 Å². The van der Waals surface area contributed by atoms with Crippen molar-refractivity contribution in [2.75, 3.05) is 0 Å². The number of aliphatic hydroxyl groups excluding tert-OH is 1. The molecule has 0 amide bonds. The predicted octanol–water partition coefficient (Wildman–Crippen LogP) is 4.23. The number of aliphatic hydroxyl groups is 1. The molecular formula is C17H20BrNO2. The first-order valence-corrected chi connectivity index (χ1v) is 7.78. The van der Waals surface area contributed by atoms with Crippen molar-refractivity contribution in [3.8, 4) is 11.5 Å². The van der Waals surface area contributed by atoms with E-state index in [-0.39, 0.29) is 6.61 Å². The van der Waals surface area contributed by atoms with Crippen molar-refractivity contribution in [1.82, 2.24) is 5.32 Å². The lowest BCUT2D eigenvalue weighted by atomic mass is 10.1. The number of hydrogen-bond acceptors (Lipinski definition) is 3. The van der Waals surface area contributed by atoms with Crippen LogP contribution in [-0.2, 0) is 13.2 Å². The highest BCUT2D eigenvalue weighted by Gasteiger charge is 2.09. The molecule has 0 aliphatic carbocycles. The fourth-order valence-electron chi connectivity index (χ4n) is 1.94. The summed E-state index contributed by atoms with van der Waals surface area (Å²) in [7, 11) is 0. The highest BCUT2D eigenvalue weighted by molar-refractivity contribution is 9.10. The summed E-state index contributed by atoms with van der Waals surface area (Å²) in [5.74, 6) is 1.47. The number of ether oxygens (including phenoxy) is 1. The van der Waals surface area contributed by atoms with E-state index in [1.807, 2.05) is 42.5 Å². The number of nitrogens with one attached hydrogen (secondary N) is 1. The van der Waals surface area contributed by atoms with Crippen LogP contribution in [0.25, 0.3) is 0 Å². The molecule has 21 heavy (non-hydrogen) atoms. The van der Waals surface area contributed by atoms with Crippen molar-refractivity contribution in [2.24, 2.45) is 0 Å². The van der Waals surface area contributed by atoms with Crippen LogP contribution in [0, 0.1) is 0 Å². The minimum Gasteiger partial charge on any atom is -0.457 e. The van der Waals surface area contributed by atoms with E-state index in [9.17, 15) is 5.11 Å². The first kappa shape index (κ1) is 16.0. The summed E-state index contributed by atoms with van der Waals surface area (Å²) >= 11 is 3.48. The molecule has 0 saturated carbocycles. The molecule has 0 unspecified atom stereocenters. The molecule has 0 radical (unpaired) electrons. The fraction of sp³-hybridized carbons (Fsp3) is 0.294. The van der Waals surface area contributed by atoms with Crippen molar-refractivity contribution in [2.45, 2.75) is 33.0 Å². The lowest BCUT2D eigenvalue weighted by molar-refractivity contribution is 0.276.